The lowest BCUT2D eigenvalue weighted by Crippen LogP contribution is -2.60. The van der Waals surface area contributed by atoms with Crippen molar-refractivity contribution in [2.45, 2.75) is 173 Å². The van der Waals surface area contributed by atoms with Gasteiger partial charge in [0.05, 0.1) is 49.3 Å². The minimum Gasteiger partial charge on any atom is -0.462 e. The van der Waals surface area contributed by atoms with Crippen LogP contribution in [0, 0.1) is 23.7 Å². The number of hydrogen-bond donors (Lipinski definition) is 3. The van der Waals surface area contributed by atoms with Crippen molar-refractivity contribution in [3.05, 3.63) is 35.9 Å². The third-order valence-corrected chi connectivity index (χ3v) is 15.5. The van der Waals surface area contributed by atoms with E-state index in [2.05, 4.69) is 16.0 Å². The molecule has 3 saturated heterocycles. The summed E-state index contributed by atoms with van der Waals surface area (Å²) in [7, 11) is 6.71. The van der Waals surface area contributed by atoms with E-state index < -0.39 is 47.8 Å². The molecule has 4 fully saturated rings. The Morgan fingerprint density at radius 2 is 1.59 bits per heavy atom. The van der Waals surface area contributed by atoms with Gasteiger partial charge < -0.3 is 40.0 Å². The molecule has 3 N–H and O–H groups in total. The van der Waals surface area contributed by atoms with Gasteiger partial charge in [-0.25, -0.2) is 5.06 Å². The van der Waals surface area contributed by atoms with Crippen molar-refractivity contribution in [1.29, 1.82) is 0 Å². The molecular weight excluding hydrogens is 895 g/mol. The molecule has 1 aromatic rings. The number of nitrogens with zero attached hydrogens (tertiary/aromatic N) is 4. The maximum absolute atomic E-state index is 14.7. The lowest BCUT2D eigenvalue weighted by Gasteiger charge is -2.41. The highest BCUT2D eigenvalue weighted by molar-refractivity contribution is 5.96. The Morgan fingerprint density at radius 1 is 0.886 bits per heavy atom. The SMILES string of the molecule is CC[C@H](C)[C@@H]([C@@H](CC(=O)N1CCC[C@H]1[C@H](OC)[C@@H](C)C(=O)N[C@@]1(C(=O)N2CCCCO2)C[C@@H]1c1ccccc1)OC)N(C)C(=O)[C@@H](NC(=O)[C@H](C(C)C)N(C)CCCC(=O)OC1CCNCC1)C(C)C. The average molecular weight is 982 g/mol. The summed E-state index contributed by atoms with van der Waals surface area (Å²) in [5.41, 5.74) is -0.182. The third-order valence-electron chi connectivity index (χ3n) is 15.5. The fourth-order valence-electron chi connectivity index (χ4n) is 11.2. The first-order chi connectivity index (χ1) is 33.4. The molecule has 70 heavy (non-hydrogen) atoms. The number of benzene rings is 1. The van der Waals surface area contributed by atoms with Crippen LogP contribution >= 0.6 is 0 Å². The van der Waals surface area contributed by atoms with Crippen LogP contribution in [-0.4, -0.2) is 171 Å². The lowest BCUT2D eigenvalue weighted by atomic mass is 9.89. The van der Waals surface area contributed by atoms with E-state index >= 15 is 0 Å². The van der Waals surface area contributed by atoms with Crippen LogP contribution < -0.4 is 16.0 Å². The second-order valence-corrected chi connectivity index (χ2v) is 21.1. The van der Waals surface area contributed by atoms with Gasteiger partial charge in [0.2, 0.25) is 23.6 Å². The van der Waals surface area contributed by atoms with E-state index in [1.165, 1.54) is 5.06 Å². The molecule has 17 heteroatoms. The Kier molecular flexibility index (Phi) is 21.5. The van der Waals surface area contributed by atoms with Crippen LogP contribution in [0.25, 0.3) is 0 Å². The number of likely N-dealkylation sites (tertiary alicyclic amines) is 1. The molecule has 17 nitrogen and oxygen atoms in total. The number of carbonyl (C=O) groups is 6. The van der Waals surface area contributed by atoms with Gasteiger partial charge in [0.15, 0.2) is 0 Å². The smallest absolute Gasteiger partial charge is 0.306 e. The highest BCUT2D eigenvalue weighted by atomic mass is 16.7. The maximum Gasteiger partial charge on any atom is 0.306 e. The van der Waals surface area contributed by atoms with Gasteiger partial charge in [-0.3, -0.25) is 38.5 Å². The van der Waals surface area contributed by atoms with Gasteiger partial charge in [-0.05, 0) is 101 Å². The molecule has 1 aromatic carbocycles. The van der Waals surface area contributed by atoms with E-state index in [-0.39, 0.29) is 78.1 Å². The third kappa shape index (κ3) is 14.1. The Morgan fingerprint density at radius 3 is 2.19 bits per heavy atom. The van der Waals surface area contributed by atoms with Gasteiger partial charge in [-0.1, -0.05) is 85.2 Å². The lowest BCUT2D eigenvalue weighted by molar-refractivity contribution is -0.200. The van der Waals surface area contributed by atoms with Crippen molar-refractivity contribution in [3.8, 4) is 0 Å². The van der Waals surface area contributed by atoms with Crippen LogP contribution in [0.15, 0.2) is 30.3 Å². The van der Waals surface area contributed by atoms with Crippen LogP contribution in [0.3, 0.4) is 0 Å². The van der Waals surface area contributed by atoms with Gasteiger partial charge >= 0.3 is 5.97 Å². The molecule has 0 unspecified atom stereocenters. The topological polar surface area (TPSA) is 188 Å². The van der Waals surface area contributed by atoms with Crippen molar-refractivity contribution < 1.29 is 47.8 Å². The van der Waals surface area contributed by atoms with E-state index in [4.69, 9.17) is 19.0 Å². The largest absolute Gasteiger partial charge is 0.462 e. The number of methoxy groups -OCH3 is 2. The van der Waals surface area contributed by atoms with Crippen molar-refractivity contribution >= 4 is 35.5 Å². The molecule has 3 aliphatic heterocycles. The van der Waals surface area contributed by atoms with Crippen LogP contribution in [-0.2, 0) is 47.8 Å². The Hall–Kier alpha value is -4.16. The standard InChI is InChI=1S/C53H87N7O10/c1-12-36(6)47(58(9)51(65)45(34(2)3)55-50(64)46(35(4)5)57(8)28-19-23-44(62)70-39-24-26-54-27-25-39)42(67-10)32-43(61)59-29-18-22-41(59)48(68-11)37(7)49(63)56-53(52(66)60-30-16-17-31-69-60)33-40(53)38-20-14-13-15-21-38/h13-15,20-21,34-37,39-42,45-48,54H,12,16-19,22-33H2,1-11H3,(H,55,64)(H,56,63)/t36-,37+,40+,41-,42+,45-,46-,47-,48+,53-/m0/s1. The van der Waals surface area contributed by atoms with Crippen LogP contribution in [0.1, 0.15) is 131 Å². The fourth-order valence-corrected chi connectivity index (χ4v) is 11.2. The number of carbonyl (C=O) groups excluding carboxylic acids is 6. The second-order valence-electron chi connectivity index (χ2n) is 21.1. The molecule has 4 aliphatic rings. The molecule has 5 rings (SSSR count). The van der Waals surface area contributed by atoms with Crippen molar-refractivity contribution in [2.24, 2.45) is 23.7 Å². The molecule has 394 valence electrons. The molecule has 0 radical (unpaired) electrons. The molecule has 0 spiro atoms. The van der Waals surface area contributed by atoms with Gasteiger partial charge in [-0.2, -0.15) is 0 Å². The van der Waals surface area contributed by atoms with Gasteiger partial charge in [-0.15, -0.1) is 0 Å². The molecule has 0 bridgehead atoms. The molecule has 10 atom stereocenters. The number of ether oxygens (including phenoxy) is 3. The first-order valence-electron chi connectivity index (χ1n) is 26.2. The monoisotopic (exact) mass is 982 g/mol. The summed E-state index contributed by atoms with van der Waals surface area (Å²) < 4.78 is 17.9. The summed E-state index contributed by atoms with van der Waals surface area (Å²) in [6, 6.07) is 7.40. The molecule has 3 heterocycles. The summed E-state index contributed by atoms with van der Waals surface area (Å²) >= 11 is 0. The molecule has 1 aliphatic carbocycles. The number of hydroxylamine groups is 2. The fraction of sp³-hybridized carbons (Fsp3) is 0.774. The Balaban J connectivity index is 1.24. The first-order valence-corrected chi connectivity index (χ1v) is 26.2. The number of likely N-dealkylation sites (N-methyl/N-ethyl adjacent to an activating group) is 2. The predicted molar refractivity (Wildman–Crippen MR) is 267 cm³/mol. The number of hydrogen-bond acceptors (Lipinski definition) is 12. The summed E-state index contributed by atoms with van der Waals surface area (Å²) in [6.45, 7) is 17.2. The average Bonchev–Trinajstić information content (AvgIpc) is 3.87. The summed E-state index contributed by atoms with van der Waals surface area (Å²) in [6.07, 6.45) is 5.16. The Labute approximate surface area is 418 Å². The highest BCUT2D eigenvalue weighted by Crippen LogP contribution is 2.53. The molecule has 1 saturated carbocycles. The van der Waals surface area contributed by atoms with Crippen LogP contribution in [0.4, 0.5) is 0 Å². The quantitative estimate of drug-likeness (QED) is 0.115. The summed E-state index contributed by atoms with van der Waals surface area (Å²) in [4.78, 5) is 95.7. The minimum absolute atomic E-state index is 0.0207. The van der Waals surface area contributed by atoms with E-state index in [1.807, 2.05) is 83.8 Å². The van der Waals surface area contributed by atoms with Crippen LogP contribution in [0.5, 0.6) is 0 Å². The van der Waals surface area contributed by atoms with Gasteiger partial charge in [0.25, 0.3) is 5.91 Å². The number of rotatable bonds is 25. The zero-order valence-corrected chi connectivity index (χ0v) is 44.2. The molecular formula is C53H87N7O10. The predicted octanol–water partition coefficient (Wildman–Crippen LogP) is 4.68. The van der Waals surface area contributed by atoms with Gasteiger partial charge in [0, 0.05) is 46.7 Å². The number of piperidine rings is 1. The highest BCUT2D eigenvalue weighted by Gasteiger charge is 2.64. The number of esters is 1. The van der Waals surface area contributed by atoms with Crippen LogP contribution in [0.2, 0.25) is 0 Å². The zero-order valence-electron chi connectivity index (χ0n) is 44.2. The van der Waals surface area contributed by atoms with E-state index in [0.29, 0.717) is 58.3 Å². The van der Waals surface area contributed by atoms with Crippen molar-refractivity contribution in [1.82, 2.24) is 35.7 Å². The maximum atomic E-state index is 14.7. The first kappa shape index (κ1) is 56.8. The minimum atomic E-state index is -1.15. The van der Waals surface area contributed by atoms with E-state index in [1.54, 1.807) is 38.0 Å². The molecule has 5 amide bonds. The zero-order chi connectivity index (χ0) is 51.3. The summed E-state index contributed by atoms with van der Waals surface area (Å²) in [5, 5.41) is 11.0. The number of nitrogens with one attached hydrogen (secondary N) is 3. The van der Waals surface area contributed by atoms with Crippen molar-refractivity contribution in [2.75, 3.05) is 67.6 Å². The second kappa shape index (κ2) is 26.5. The summed E-state index contributed by atoms with van der Waals surface area (Å²) in [5.74, 6) is -2.86. The number of amides is 5. The van der Waals surface area contributed by atoms with Crippen molar-refractivity contribution in [3.63, 3.8) is 0 Å². The van der Waals surface area contributed by atoms with E-state index in [0.717, 1.165) is 44.3 Å². The van der Waals surface area contributed by atoms with E-state index in [9.17, 15) is 28.8 Å². The normalized spacial score (nSPS) is 23.8. The van der Waals surface area contributed by atoms with Gasteiger partial charge in [0.1, 0.15) is 17.7 Å². The molecule has 0 aromatic heterocycles. The Bertz CT molecular complexity index is 1880.